The summed E-state index contributed by atoms with van der Waals surface area (Å²) in [7, 11) is 1.38. The van der Waals surface area contributed by atoms with E-state index in [-0.39, 0.29) is 12.1 Å². The SMILES string of the molecule is C=C(C)CN1CC(C(=O)OC)O[C@H](C)C1. The van der Waals surface area contributed by atoms with E-state index in [2.05, 4.69) is 16.2 Å². The molecule has 86 valence electrons. The topological polar surface area (TPSA) is 38.8 Å². The van der Waals surface area contributed by atoms with Gasteiger partial charge in [0.25, 0.3) is 0 Å². The third kappa shape index (κ3) is 3.64. The first-order valence-electron chi connectivity index (χ1n) is 5.13. The highest BCUT2D eigenvalue weighted by molar-refractivity contribution is 5.74. The molecule has 0 spiro atoms. The Labute approximate surface area is 90.8 Å². The van der Waals surface area contributed by atoms with Crippen molar-refractivity contribution in [3.63, 3.8) is 0 Å². The molecule has 0 aliphatic carbocycles. The van der Waals surface area contributed by atoms with Gasteiger partial charge in [0.1, 0.15) is 0 Å². The van der Waals surface area contributed by atoms with Crippen molar-refractivity contribution in [3.05, 3.63) is 12.2 Å². The van der Waals surface area contributed by atoms with Gasteiger partial charge in [-0.05, 0) is 13.8 Å². The minimum absolute atomic E-state index is 0.0576. The van der Waals surface area contributed by atoms with E-state index in [1.807, 2.05) is 13.8 Å². The van der Waals surface area contributed by atoms with Gasteiger partial charge in [-0.3, -0.25) is 4.90 Å². The van der Waals surface area contributed by atoms with Crippen molar-refractivity contribution in [2.24, 2.45) is 0 Å². The summed E-state index contributed by atoms with van der Waals surface area (Å²) in [6.07, 6.45) is -0.403. The van der Waals surface area contributed by atoms with Crippen LogP contribution in [0.2, 0.25) is 0 Å². The highest BCUT2D eigenvalue weighted by atomic mass is 16.6. The van der Waals surface area contributed by atoms with Crippen molar-refractivity contribution in [2.75, 3.05) is 26.7 Å². The average Bonchev–Trinajstić information content (AvgIpc) is 2.14. The van der Waals surface area contributed by atoms with Gasteiger partial charge in [-0.1, -0.05) is 12.2 Å². The zero-order valence-electron chi connectivity index (χ0n) is 9.66. The molecule has 1 unspecified atom stereocenters. The summed E-state index contributed by atoms with van der Waals surface area (Å²) in [6.45, 7) is 10.0. The molecule has 0 aromatic carbocycles. The molecule has 0 saturated carbocycles. The van der Waals surface area contributed by atoms with Crippen LogP contribution in [0.4, 0.5) is 0 Å². The van der Waals surface area contributed by atoms with E-state index in [1.165, 1.54) is 7.11 Å². The van der Waals surface area contributed by atoms with Crippen molar-refractivity contribution >= 4 is 5.97 Å². The molecule has 4 heteroatoms. The van der Waals surface area contributed by atoms with Gasteiger partial charge in [-0.2, -0.15) is 0 Å². The Balaban J connectivity index is 2.55. The quantitative estimate of drug-likeness (QED) is 0.514. The van der Waals surface area contributed by atoms with Gasteiger partial charge >= 0.3 is 5.97 Å². The monoisotopic (exact) mass is 213 g/mol. The number of carbonyl (C=O) groups excluding carboxylic acids is 1. The molecule has 0 bridgehead atoms. The maximum Gasteiger partial charge on any atom is 0.336 e. The van der Waals surface area contributed by atoms with Crippen LogP contribution >= 0.6 is 0 Å². The summed E-state index contributed by atoms with van der Waals surface area (Å²) in [5.74, 6) is -0.298. The van der Waals surface area contributed by atoms with Crippen LogP contribution in [0.5, 0.6) is 0 Å². The molecule has 1 aliphatic heterocycles. The van der Waals surface area contributed by atoms with Gasteiger partial charge in [-0.15, -0.1) is 0 Å². The van der Waals surface area contributed by atoms with Crippen LogP contribution in [0.25, 0.3) is 0 Å². The van der Waals surface area contributed by atoms with Crippen LogP contribution in [-0.2, 0) is 14.3 Å². The summed E-state index contributed by atoms with van der Waals surface area (Å²) in [5, 5.41) is 0. The number of nitrogens with zero attached hydrogens (tertiary/aromatic N) is 1. The fourth-order valence-electron chi connectivity index (χ4n) is 1.81. The Morgan fingerprint density at radius 2 is 2.27 bits per heavy atom. The van der Waals surface area contributed by atoms with Crippen molar-refractivity contribution in [1.82, 2.24) is 4.90 Å². The second-order valence-electron chi connectivity index (χ2n) is 4.11. The normalized spacial score (nSPS) is 27.4. The molecule has 15 heavy (non-hydrogen) atoms. The van der Waals surface area contributed by atoms with Gasteiger partial charge < -0.3 is 9.47 Å². The minimum atomic E-state index is -0.460. The second-order valence-corrected chi connectivity index (χ2v) is 4.11. The largest absolute Gasteiger partial charge is 0.467 e. The molecule has 1 aliphatic rings. The number of carbonyl (C=O) groups is 1. The van der Waals surface area contributed by atoms with Crippen LogP contribution in [0.3, 0.4) is 0 Å². The Bertz CT molecular complexity index is 252. The number of ether oxygens (including phenoxy) is 2. The summed E-state index contributed by atoms with van der Waals surface area (Å²) in [6, 6.07) is 0. The smallest absolute Gasteiger partial charge is 0.336 e. The highest BCUT2D eigenvalue weighted by Crippen LogP contribution is 2.13. The van der Waals surface area contributed by atoms with Crippen molar-refractivity contribution < 1.29 is 14.3 Å². The lowest BCUT2D eigenvalue weighted by Gasteiger charge is -2.35. The fourth-order valence-corrected chi connectivity index (χ4v) is 1.81. The summed E-state index contributed by atoms with van der Waals surface area (Å²) in [5.41, 5.74) is 1.09. The first kappa shape index (κ1) is 12.2. The van der Waals surface area contributed by atoms with E-state index in [1.54, 1.807) is 0 Å². The van der Waals surface area contributed by atoms with E-state index in [0.717, 1.165) is 18.7 Å². The first-order valence-corrected chi connectivity index (χ1v) is 5.13. The first-order chi connectivity index (χ1) is 7.02. The predicted molar refractivity (Wildman–Crippen MR) is 57.6 cm³/mol. The predicted octanol–water partition coefficient (Wildman–Crippen LogP) is 0.825. The van der Waals surface area contributed by atoms with Gasteiger partial charge in [0.15, 0.2) is 6.10 Å². The minimum Gasteiger partial charge on any atom is -0.467 e. The summed E-state index contributed by atoms with van der Waals surface area (Å²) >= 11 is 0. The van der Waals surface area contributed by atoms with Gasteiger partial charge in [-0.25, -0.2) is 4.79 Å². The molecule has 0 amide bonds. The lowest BCUT2D eigenvalue weighted by molar-refractivity contribution is -0.165. The van der Waals surface area contributed by atoms with E-state index < -0.39 is 6.10 Å². The van der Waals surface area contributed by atoms with Crippen LogP contribution in [0.1, 0.15) is 13.8 Å². The summed E-state index contributed by atoms with van der Waals surface area (Å²) < 4.78 is 10.2. The fraction of sp³-hybridized carbons (Fsp3) is 0.727. The third-order valence-electron chi connectivity index (χ3n) is 2.29. The molecular formula is C11H19NO3. The van der Waals surface area contributed by atoms with E-state index in [0.29, 0.717) is 6.54 Å². The number of hydrogen-bond acceptors (Lipinski definition) is 4. The second kappa shape index (κ2) is 5.28. The van der Waals surface area contributed by atoms with E-state index in [4.69, 9.17) is 4.74 Å². The number of rotatable bonds is 3. The highest BCUT2D eigenvalue weighted by Gasteiger charge is 2.30. The molecule has 0 aromatic heterocycles. The molecule has 1 heterocycles. The van der Waals surface area contributed by atoms with E-state index in [9.17, 15) is 4.79 Å². The number of morpholine rings is 1. The number of esters is 1. The Kier molecular flexibility index (Phi) is 4.29. The van der Waals surface area contributed by atoms with Crippen LogP contribution in [0, 0.1) is 0 Å². The molecule has 4 nitrogen and oxygen atoms in total. The molecule has 1 rings (SSSR count). The average molecular weight is 213 g/mol. The Morgan fingerprint density at radius 1 is 1.60 bits per heavy atom. The Hall–Kier alpha value is -0.870. The van der Waals surface area contributed by atoms with Crippen LogP contribution in [0.15, 0.2) is 12.2 Å². The third-order valence-corrected chi connectivity index (χ3v) is 2.29. The molecule has 0 aromatic rings. The zero-order valence-corrected chi connectivity index (χ0v) is 9.66. The standard InChI is InChI=1S/C11H19NO3/c1-8(2)5-12-6-9(3)15-10(7-12)11(13)14-4/h9-10H,1,5-7H2,2-4H3/t9-,10?/m1/s1. The zero-order chi connectivity index (χ0) is 11.4. The maximum atomic E-state index is 11.3. The van der Waals surface area contributed by atoms with Crippen molar-refractivity contribution in [2.45, 2.75) is 26.1 Å². The van der Waals surface area contributed by atoms with Gasteiger partial charge in [0.2, 0.25) is 0 Å². The van der Waals surface area contributed by atoms with Gasteiger partial charge in [0.05, 0.1) is 13.2 Å². The number of hydrogen-bond donors (Lipinski definition) is 0. The van der Waals surface area contributed by atoms with E-state index >= 15 is 0 Å². The van der Waals surface area contributed by atoms with Crippen molar-refractivity contribution in [3.8, 4) is 0 Å². The van der Waals surface area contributed by atoms with Crippen LogP contribution < -0.4 is 0 Å². The lowest BCUT2D eigenvalue weighted by Crippen LogP contribution is -2.50. The maximum absolute atomic E-state index is 11.3. The molecule has 0 radical (unpaired) electrons. The number of methoxy groups -OCH3 is 1. The Morgan fingerprint density at radius 3 is 2.80 bits per heavy atom. The molecule has 0 N–H and O–H groups in total. The summed E-state index contributed by atoms with van der Waals surface area (Å²) in [4.78, 5) is 13.5. The van der Waals surface area contributed by atoms with Crippen molar-refractivity contribution in [1.29, 1.82) is 0 Å². The molecular weight excluding hydrogens is 194 g/mol. The molecule has 1 fully saturated rings. The molecule has 2 atom stereocenters. The lowest BCUT2D eigenvalue weighted by atomic mass is 10.2. The van der Waals surface area contributed by atoms with Gasteiger partial charge in [0, 0.05) is 19.6 Å². The van der Waals surface area contributed by atoms with Crippen LogP contribution in [-0.4, -0.2) is 49.8 Å². The molecule has 1 saturated heterocycles.